The number of ether oxygens (including phenoxy) is 2. The Hall–Kier alpha value is -0.490. The van der Waals surface area contributed by atoms with E-state index in [0.29, 0.717) is 18.9 Å². The van der Waals surface area contributed by atoms with E-state index in [2.05, 4.69) is 4.98 Å². The molecule has 12 heavy (non-hydrogen) atoms. The Kier molecular flexibility index (Phi) is 2.36. The first-order chi connectivity index (χ1) is 5.90. The molecular formula is C7H9NO3S. The van der Waals surface area contributed by atoms with Crippen LogP contribution in [0.2, 0.25) is 0 Å². The zero-order chi connectivity index (χ0) is 8.39. The van der Waals surface area contributed by atoms with Gasteiger partial charge in [-0.1, -0.05) is 0 Å². The maximum atomic E-state index is 8.76. The molecule has 1 fully saturated rings. The molecule has 0 atom stereocenters. The van der Waals surface area contributed by atoms with Crippen LogP contribution in [0.1, 0.15) is 17.0 Å². The van der Waals surface area contributed by atoms with Gasteiger partial charge in [-0.15, -0.1) is 11.3 Å². The van der Waals surface area contributed by atoms with E-state index < -0.39 is 0 Å². The Labute approximate surface area is 73.8 Å². The molecule has 1 aromatic rings. The normalized spacial score (nSPS) is 18.8. The van der Waals surface area contributed by atoms with Gasteiger partial charge in [0.1, 0.15) is 5.01 Å². The summed E-state index contributed by atoms with van der Waals surface area (Å²) in [6, 6.07) is 0. The zero-order valence-electron chi connectivity index (χ0n) is 6.40. The highest BCUT2D eigenvalue weighted by molar-refractivity contribution is 7.09. The van der Waals surface area contributed by atoms with E-state index in [9.17, 15) is 0 Å². The summed E-state index contributed by atoms with van der Waals surface area (Å²) in [5.41, 5.74) is 0.675. The number of hydrogen-bond donors (Lipinski definition) is 1. The molecule has 2 rings (SSSR count). The van der Waals surface area contributed by atoms with Crippen molar-refractivity contribution in [1.82, 2.24) is 4.98 Å². The van der Waals surface area contributed by atoms with Gasteiger partial charge in [0.25, 0.3) is 0 Å². The minimum atomic E-state index is -0.310. The van der Waals surface area contributed by atoms with Crippen LogP contribution in [0.5, 0.6) is 0 Å². The van der Waals surface area contributed by atoms with Gasteiger partial charge in [-0.2, -0.15) is 0 Å². The molecule has 0 aliphatic carbocycles. The Morgan fingerprint density at radius 1 is 1.58 bits per heavy atom. The zero-order valence-corrected chi connectivity index (χ0v) is 7.21. The largest absolute Gasteiger partial charge is 0.390 e. The van der Waals surface area contributed by atoms with Crippen LogP contribution in [-0.4, -0.2) is 23.3 Å². The van der Waals surface area contributed by atoms with E-state index in [1.54, 1.807) is 5.38 Å². The molecule has 0 saturated carbocycles. The quantitative estimate of drug-likeness (QED) is 0.739. The average molecular weight is 187 g/mol. The third-order valence-electron chi connectivity index (χ3n) is 1.55. The smallest absolute Gasteiger partial charge is 0.211 e. The van der Waals surface area contributed by atoms with E-state index in [0.717, 1.165) is 5.01 Å². The van der Waals surface area contributed by atoms with Gasteiger partial charge in [-0.25, -0.2) is 4.98 Å². The van der Waals surface area contributed by atoms with E-state index in [-0.39, 0.29) is 12.9 Å². The van der Waals surface area contributed by atoms with Crippen molar-refractivity contribution >= 4 is 11.3 Å². The third kappa shape index (κ3) is 1.49. The van der Waals surface area contributed by atoms with Crippen molar-refractivity contribution in [2.75, 3.05) is 13.2 Å². The highest BCUT2D eigenvalue weighted by atomic mass is 32.1. The SMILES string of the molecule is OCc1csc(C2OCCO2)n1. The maximum absolute atomic E-state index is 8.76. The van der Waals surface area contributed by atoms with Gasteiger partial charge in [0, 0.05) is 5.38 Å². The van der Waals surface area contributed by atoms with E-state index in [4.69, 9.17) is 14.6 Å². The fourth-order valence-corrected chi connectivity index (χ4v) is 1.81. The first kappa shape index (κ1) is 8.12. The number of rotatable bonds is 2. The highest BCUT2D eigenvalue weighted by Gasteiger charge is 2.21. The molecule has 1 aliphatic heterocycles. The summed E-state index contributed by atoms with van der Waals surface area (Å²) >= 11 is 1.45. The summed E-state index contributed by atoms with van der Waals surface area (Å²) in [4.78, 5) is 4.13. The molecule has 1 saturated heterocycles. The second-order valence-corrected chi connectivity index (χ2v) is 3.30. The standard InChI is InChI=1S/C7H9NO3S/c9-3-5-4-12-6(8-5)7-10-1-2-11-7/h4,7,9H,1-3H2. The van der Waals surface area contributed by atoms with Crippen LogP contribution >= 0.6 is 11.3 Å². The van der Waals surface area contributed by atoms with Crippen LogP contribution in [0.15, 0.2) is 5.38 Å². The van der Waals surface area contributed by atoms with Crippen molar-refractivity contribution in [3.8, 4) is 0 Å². The Morgan fingerprint density at radius 3 is 2.92 bits per heavy atom. The fraction of sp³-hybridized carbons (Fsp3) is 0.571. The molecule has 66 valence electrons. The molecule has 0 spiro atoms. The molecular weight excluding hydrogens is 178 g/mol. The lowest BCUT2D eigenvalue weighted by Crippen LogP contribution is -1.97. The van der Waals surface area contributed by atoms with Crippen molar-refractivity contribution < 1.29 is 14.6 Å². The van der Waals surface area contributed by atoms with Crippen LogP contribution in [-0.2, 0) is 16.1 Å². The lowest BCUT2D eigenvalue weighted by molar-refractivity contribution is -0.0443. The lowest BCUT2D eigenvalue weighted by Gasteiger charge is -2.02. The van der Waals surface area contributed by atoms with Crippen molar-refractivity contribution in [2.24, 2.45) is 0 Å². The topological polar surface area (TPSA) is 51.6 Å². The van der Waals surface area contributed by atoms with Gasteiger partial charge in [-0.3, -0.25) is 0 Å². The Bertz CT molecular complexity index is 257. The second kappa shape index (κ2) is 3.49. The fourth-order valence-electron chi connectivity index (χ4n) is 1.00. The number of aromatic nitrogens is 1. The van der Waals surface area contributed by atoms with E-state index >= 15 is 0 Å². The summed E-state index contributed by atoms with van der Waals surface area (Å²) in [6.07, 6.45) is -0.310. The first-order valence-corrected chi connectivity index (χ1v) is 4.56. The van der Waals surface area contributed by atoms with Crippen LogP contribution in [0.4, 0.5) is 0 Å². The summed E-state index contributed by atoms with van der Waals surface area (Å²) in [5.74, 6) is 0. The van der Waals surface area contributed by atoms with Crippen molar-refractivity contribution in [1.29, 1.82) is 0 Å². The summed E-state index contributed by atoms with van der Waals surface area (Å²) in [5, 5.41) is 11.4. The third-order valence-corrected chi connectivity index (χ3v) is 2.47. The van der Waals surface area contributed by atoms with Crippen LogP contribution in [0, 0.1) is 0 Å². The molecule has 4 nitrogen and oxygen atoms in total. The van der Waals surface area contributed by atoms with Gasteiger partial charge in [0.2, 0.25) is 6.29 Å². The number of aliphatic hydroxyl groups is 1. The number of nitrogens with zero attached hydrogens (tertiary/aromatic N) is 1. The number of aliphatic hydroxyl groups excluding tert-OH is 1. The molecule has 5 heteroatoms. The minimum Gasteiger partial charge on any atom is -0.390 e. The first-order valence-electron chi connectivity index (χ1n) is 3.68. The van der Waals surface area contributed by atoms with Gasteiger partial charge in [0.15, 0.2) is 0 Å². The number of hydrogen-bond acceptors (Lipinski definition) is 5. The molecule has 0 bridgehead atoms. The molecule has 1 N–H and O–H groups in total. The van der Waals surface area contributed by atoms with Crippen molar-refractivity contribution in [2.45, 2.75) is 12.9 Å². The van der Waals surface area contributed by atoms with Crippen LogP contribution in [0.25, 0.3) is 0 Å². The maximum Gasteiger partial charge on any atom is 0.211 e. The predicted octanol–water partition coefficient (Wildman–Crippen LogP) is 0.681. The van der Waals surface area contributed by atoms with Gasteiger partial charge in [0.05, 0.1) is 25.5 Å². The van der Waals surface area contributed by atoms with Crippen molar-refractivity contribution in [3.05, 3.63) is 16.1 Å². The molecule has 0 radical (unpaired) electrons. The Balaban J connectivity index is 2.11. The van der Waals surface area contributed by atoms with E-state index in [1.165, 1.54) is 11.3 Å². The van der Waals surface area contributed by atoms with Gasteiger partial charge < -0.3 is 14.6 Å². The van der Waals surface area contributed by atoms with Crippen LogP contribution in [0.3, 0.4) is 0 Å². The second-order valence-electron chi connectivity index (χ2n) is 2.41. The average Bonchev–Trinajstić information content (AvgIpc) is 2.75. The number of thiazole rings is 1. The molecule has 2 heterocycles. The minimum absolute atomic E-state index is 0.0246. The summed E-state index contributed by atoms with van der Waals surface area (Å²) in [7, 11) is 0. The molecule has 1 aromatic heterocycles. The molecule has 1 aliphatic rings. The van der Waals surface area contributed by atoms with Gasteiger partial charge in [-0.05, 0) is 0 Å². The van der Waals surface area contributed by atoms with Gasteiger partial charge >= 0.3 is 0 Å². The van der Waals surface area contributed by atoms with Crippen molar-refractivity contribution in [3.63, 3.8) is 0 Å². The van der Waals surface area contributed by atoms with E-state index in [1.807, 2.05) is 0 Å². The Morgan fingerprint density at radius 2 is 2.33 bits per heavy atom. The summed E-state index contributed by atoms with van der Waals surface area (Å²) < 4.78 is 10.5. The molecule has 0 unspecified atom stereocenters. The summed E-state index contributed by atoms with van der Waals surface area (Å²) in [6.45, 7) is 1.22. The van der Waals surface area contributed by atoms with Crippen LogP contribution < -0.4 is 0 Å². The molecule has 0 amide bonds. The molecule has 0 aromatic carbocycles. The lowest BCUT2D eigenvalue weighted by atomic mass is 10.5. The predicted molar refractivity (Wildman–Crippen MR) is 42.7 cm³/mol. The highest BCUT2D eigenvalue weighted by Crippen LogP contribution is 2.25. The monoisotopic (exact) mass is 187 g/mol.